The minimum atomic E-state index is -0.427. The van der Waals surface area contributed by atoms with Crippen molar-refractivity contribution in [1.29, 1.82) is 0 Å². The molecule has 116 valence electrons. The number of hydrogen-bond donors (Lipinski definition) is 2. The number of carbonyl (C=O) groups excluding carboxylic acids is 1. The third-order valence-corrected chi connectivity index (χ3v) is 3.16. The van der Waals surface area contributed by atoms with Gasteiger partial charge in [0.25, 0.3) is 5.88 Å². The van der Waals surface area contributed by atoms with Gasteiger partial charge in [-0.3, -0.25) is 5.32 Å². The van der Waals surface area contributed by atoms with Gasteiger partial charge >= 0.3 is 6.03 Å². The van der Waals surface area contributed by atoms with Gasteiger partial charge < -0.3 is 10.1 Å². The summed E-state index contributed by atoms with van der Waals surface area (Å²) < 4.78 is 5.58. The molecule has 6 nitrogen and oxygen atoms in total. The third-order valence-electron chi connectivity index (χ3n) is 2.60. The lowest BCUT2D eigenvalue weighted by Gasteiger charge is -2.11. The number of anilines is 1. The van der Waals surface area contributed by atoms with Crippen LogP contribution in [-0.4, -0.2) is 28.4 Å². The van der Waals surface area contributed by atoms with E-state index in [4.69, 9.17) is 27.9 Å². The van der Waals surface area contributed by atoms with Crippen molar-refractivity contribution in [3.05, 3.63) is 47.2 Å². The maximum absolute atomic E-state index is 11.6. The summed E-state index contributed by atoms with van der Waals surface area (Å²) in [5.74, 6) is 0.758. The van der Waals surface area contributed by atoms with Gasteiger partial charge in [0.05, 0.1) is 0 Å². The molecule has 8 heteroatoms. The number of alkyl halides is 1. The molecule has 1 heterocycles. The van der Waals surface area contributed by atoms with Crippen LogP contribution in [0.2, 0.25) is 5.02 Å². The van der Waals surface area contributed by atoms with E-state index in [0.29, 0.717) is 17.4 Å². The second-order valence-electron chi connectivity index (χ2n) is 4.16. The molecule has 1 aromatic carbocycles. The molecule has 2 amide bonds. The average Bonchev–Trinajstić information content (AvgIpc) is 2.53. The number of nitrogens with zero attached hydrogens (tertiary/aromatic N) is 2. The Morgan fingerprint density at radius 2 is 2.00 bits per heavy atom. The predicted molar refractivity (Wildman–Crippen MR) is 85.6 cm³/mol. The fourth-order valence-electron chi connectivity index (χ4n) is 1.59. The zero-order chi connectivity index (χ0) is 15.8. The quantitative estimate of drug-likeness (QED) is 0.792. The molecule has 0 saturated heterocycles. The Morgan fingerprint density at radius 1 is 1.23 bits per heavy atom. The number of benzene rings is 1. The minimum absolute atomic E-state index is 0.212. The van der Waals surface area contributed by atoms with Crippen LogP contribution in [0.1, 0.15) is 5.56 Å². The van der Waals surface area contributed by atoms with E-state index in [1.165, 1.54) is 12.4 Å². The van der Waals surface area contributed by atoms with E-state index in [1.807, 2.05) is 18.2 Å². The van der Waals surface area contributed by atoms with E-state index in [2.05, 4.69) is 20.6 Å². The fourth-order valence-corrected chi connectivity index (χ4v) is 1.88. The number of hydrogen-bond acceptors (Lipinski definition) is 4. The minimum Gasteiger partial charge on any atom is -0.470 e. The van der Waals surface area contributed by atoms with Crippen molar-refractivity contribution in [2.75, 3.05) is 17.7 Å². The molecule has 0 radical (unpaired) electrons. The van der Waals surface area contributed by atoms with Gasteiger partial charge in [0.1, 0.15) is 6.61 Å². The average molecular weight is 341 g/mol. The molecule has 0 unspecified atom stereocenters. The van der Waals surface area contributed by atoms with Gasteiger partial charge in [0.15, 0.2) is 5.82 Å². The number of halogens is 2. The summed E-state index contributed by atoms with van der Waals surface area (Å²) in [4.78, 5) is 19.7. The van der Waals surface area contributed by atoms with Gasteiger partial charge in [-0.1, -0.05) is 29.8 Å². The van der Waals surface area contributed by atoms with E-state index < -0.39 is 6.03 Å². The number of rotatable bonds is 6. The SMILES string of the molecule is O=C(NCCCl)Nc1nccnc1OCc1ccccc1Cl. The maximum atomic E-state index is 11.6. The van der Waals surface area contributed by atoms with E-state index in [9.17, 15) is 4.79 Å². The molecule has 2 N–H and O–H groups in total. The molecule has 2 rings (SSSR count). The van der Waals surface area contributed by atoms with Crippen molar-refractivity contribution in [2.24, 2.45) is 0 Å². The van der Waals surface area contributed by atoms with Gasteiger partial charge in [-0.2, -0.15) is 0 Å². The summed E-state index contributed by atoms with van der Waals surface area (Å²) in [6, 6.07) is 6.89. The van der Waals surface area contributed by atoms with Crippen LogP contribution in [0.25, 0.3) is 0 Å². The molecule has 0 aliphatic carbocycles. The molecule has 0 bridgehead atoms. The van der Waals surface area contributed by atoms with Crippen LogP contribution >= 0.6 is 23.2 Å². The molecule has 1 aromatic heterocycles. The van der Waals surface area contributed by atoms with Crippen molar-refractivity contribution in [1.82, 2.24) is 15.3 Å². The zero-order valence-electron chi connectivity index (χ0n) is 11.6. The topological polar surface area (TPSA) is 76.1 Å². The van der Waals surface area contributed by atoms with Crippen molar-refractivity contribution >= 4 is 35.1 Å². The van der Waals surface area contributed by atoms with Crippen LogP contribution in [0.5, 0.6) is 5.88 Å². The first-order valence-electron chi connectivity index (χ1n) is 6.48. The second-order valence-corrected chi connectivity index (χ2v) is 4.95. The molecular weight excluding hydrogens is 327 g/mol. The molecule has 22 heavy (non-hydrogen) atoms. The Balaban J connectivity index is 2.02. The van der Waals surface area contributed by atoms with E-state index in [-0.39, 0.29) is 18.3 Å². The Bertz CT molecular complexity index is 640. The largest absolute Gasteiger partial charge is 0.470 e. The Morgan fingerprint density at radius 3 is 2.77 bits per heavy atom. The van der Waals surface area contributed by atoms with Crippen molar-refractivity contribution < 1.29 is 9.53 Å². The number of carbonyl (C=O) groups is 1. The van der Waals surface area contributed by atoms with Gasteiger partial charge in [0.2, 0.25) is 0 Å². The van der Waals surface area contributed by atoms with Gasteiger partial charge in [-0.25, -0.2) is 14.8 Å². The molecule has 0 fully saturated rings. The first-order chi connectivity index (χ1) is 10.7. The summed E-state index contributed by atoms with van der Waals surface area (Å²) in [6.07, 6.45) is 2.93. The van der Waals surface area contributed by atoms with E-state index in [0.717, 1.165) is 5.56 Å². The number of ether oxygens (including phenoxy) is 1. The van der Waals surface area contributed by atoms with E-state index >= 15 is 0 Å². The molecule has 0 aliphatic heterocycles. The third kappa shape index (κ3) is 4.75. The highest BCUT2D eigenvalue weighted by Gasteiger charge is 2.11. The first-order valence-corrected chi connectivity index (χ1v) is 7.40. The standard InChI is InChI=1S/C14H14Cl2N4O2/c15-5-6-19-14(21)20-12-13(18-8-7-17-12)22-9-10-3-1-2-4-11(10)16/h1-4,7-8H,5-6,9H2,(H2,17,19,20,21). The number of urea groups is 1. The number of amides is 2. The van der Waals surface area contributed by atoms with Crippen LogP contribution in [0, 0.1) is 0 Å². The summed E-state index contributed by atoms with van der Waals surface area (Å²) in [5, 5.41) is 5.72. The van der Waals surface area contributed by atoms with Crippen molar-refractivity contribution in [3.8, 4) is 5.88 Å². The summed E-state index contributed by atoms with van der Waals surface area (Å²) in [6.45, 7) is 0.569. The zero-order valence-corrected chi connectivity index (χ0v) is 13.1. The maximum Gasteiger partial charge on any atom is 0.320 e. The molecule has 0 spiro atoms. The highest BCUT2D eigenvalue weighted by atomic mass is 35.5. The Hall–Kier alpha value is -2.05. The molecule has 0 aliphatic rings. The summed E-state index contributed by atoms with van der Waals surface area (Å²) in [5.41, 5.74) is 0.812. The lowest BCUT2D eigenvalue weighted by Crippen LogP contribution is -2.30. The highest BCUT2D eigenvalue weighted by molar-refractivity contribution is 6.31. The van der Waals surface area contributed by atoms with E-state index in [1.54, 1.807) is 6.07 Å². The normalized spacial score (nSPS) is 10.1. The van der Waals surface area contributed by atoms with Crippen LogP contribution in [0.3, 0.4) is 0 Å². The molecular formula is C14H14Cl2N4O2. The van der Waals surface area contributed by atoms with Gasteiger partial charge in [-0.05, 0) is 6.07 Å². The van der Waals surface area contributed by atoms with Crippen LogP contribution < -0.4 is 15.4 Å². The fraction of sp³-hybridized carbons (Fsp3) is 0.214. The van der Waals surface area contributed by atoms with Gasteiger partial charge in [0, 0.05) is 35.4 Å². The summed E-state index contributed by atoms with van der Waals surface area (Å²) >= 11 is 11.6. The monoisotopic (exact) mass is 340 g/mol. The highest BCUT2D eigenvalue weighted by Crippen LogP contribution is 2.21. The van der Waals surface area contributed by atoms with Crippen molar-refractivity contribution in [3.63, 3.8) is 0 Å². The predicted octanol–water partition coefficient (Wildman–Crippen LogP) is 3.07. The molecule has 2 aromatic rings. The summed E-state index contributed by atoms with van der Waals surface area (Å²) in [7, 11) is 0. The van der Waals surface area contributed by atoms with Gasteiger partial charge in [-0.15, -0.1) is 11.6 Å². The first kappa shape index (κ1) is 16.3. The second kappa shape index (κ2) is 8.41. The Labute approximate surface area is 137 Å². The van der Waals surface area contributed by atoms with Crippen LogP contribution in [0.15, 0.2) is 36.7 Å². The smallest absolute Gasteiger partial charge is 0.320 e. The lowest BCUT2D eigenvalue weighted by atomic mass is 10.2. The number of nitrogens with one attached hydrogen (secondary N) is 2. The van der Waals surface area contributed by atoms with Crippen LogP contribution in [0.4, 0.5) is 10.6 Å². The molecule has 0 atom stereocenters. The Kier molecular flexibility index (Phi) is 6.24. The van der Waals surface area contributed by atoms with Crippen molar-refractivity contribution in [2.45, 2.75) is 6.61 Å². The number of aromatic nitrogens is 2. The molecule has 0 saturated carbocycles. The lowest BCUT2D eigenvalue weighted by molar-refractivity contribution is 0.252. The van der Waals surface area contributed by atoms with Crippen LogP contribution in [-0.2, 0) is 6.61 Å².